The van der Waals surface area contributed by atoms with Gasteiger partial charge in [0.25, 0.3) is 0 Å². The maximum atomic E-state index is 12.2. The number of amides is 3. The first-order valence-corrected chi connectivity index (χ1v) is 29.0. The summed E-state index contributed by atoms with van der Waals surface area (Å²) in [6.07, 6.45) is 3.83. The normalized spacial score (nSPS) is 10.9. The summed E-state index contributed by atoms with van der Waals surface area (Å²) >= 11 is 6.41. The van der Waals surface area contributed by atoms with Crippen LogP contribution in [0.25, 0.3) is 88.3 Å². The number of halogens is 1. The molecule has 13 nitrogen and oxygen atoms in total. The van der Waals surface area contributed by atoms with E-state index in [9.17, 15) is 14.4 Å². The molecule has 12 rings (SSSR count). The van der Waals surface area contributed by atoms with Crippen molar-refractivity contribution in [1.82, 2.24) is 30.6 Å². The Morgan fingerprint density at radius 2 is 0.741 bits per heavy atom. The summed E-state index contributed by atoms with van der Waals surface area (Å²) in [6, 6.07) is 69.5. The smallest absolute Gasteiger partial charge is 0.225 e. The van der Waals surface area contributed by atoms with Crippen LogP contribution in [0.15, 0.2) is 206 Å². The van der Waals surface area contributed by atoms with Gasteiger partial charge in [-0.1, -0.05) is 196 Å². The van der Waals surface area contributed by atoms with Gasteiger partial charge in [0.15, 0.2) is 17.5 Å². The lowest BCUT2D eigenvalue weighted by atomic mass is 9.93. The van der Waals surface area contributed by atoms with E-state index in [0.29, 0.717) is 48.3 Å². The monoisotopic (exact) mass is 1140 g/mol. The largest absolute Gasteiger partial charge is 0.489 e. The first-order valence-electron chi connectivity index (χ1n) is 28.7. The molecule has 0 bridgehead atoms. The second-order valence-electron chi connectivity index (χ2n) is 20.6. The number of anilines is 3. The molecule has 0 radical (unpaired) electrons. The van der Waals surface area contributed by atoms with Crippen LogP contribution < -0.4 is 20.7 Å². The molecule has 3 heterocycles. The van der Waals surface area contributed by atoms with Crippen molar-refractivity contribution in [3.05, 3.63) is 222 Å². The molecule has 0 atom stereocenters. The summed E-state index contributed by atoms with van der Waals surface area (Å²) in [6.45, 7) is 8.52. The van der Waals surface area contributed by atoms with Crippen LogP contribution in [0.4, 0.5) is 17.5 Å². The van der Waals surface area contributed by atoms with Crippen LogP contribution in [0.3, 0.4) is 0 Å². The summed E-state index contributed by atoms with van der Waals surface area (Å²) in [5, 5.41) is 34.0. The SMILES string of the molecule is CCCC(=O)Nc1n[nH]c2cc(-c3ccc(OCc4ccccc4)cc3)c(-c3ccccc3)cc12.CCCC(=O)Nc1n[nH]c2cc(-c3ccccc3)c(-c3ccccc3)cc12.CCCC(=O)Nc1n[nH]c2cc(Cl)c(-c3ccc(C)cc3)cc12. The lowest BCUT2D eigenvalue weighted by Crippen LogP contribution is -2.11. The van der Waals surface area contributed by atoms with Crippen molar-refractivity contribution in [2.75, 3.05) is 16.0 Å². The van der Waals surface area contributed by atoms with Crippen molar-refractivity contribution >= 4 is 79.5 Å². The van der Waals surface area contributed by atoms with Gasteiger partial charge in [0.1, 0.15) is 12.4 Å². The zero-order valence-corrected chi connectivity index (χ0v) is 48.7. The van der Waals surface area contributed by atoms with E-state index in [4.69, 9.17) is 16.3 Å². The summed E-state index contributed by atoms with van der Waals surface area (Å²) in [5.74, 6) is 2.43. The molecule has 6 N–H and O–H groups in total. The average molecular weight is 1140 g/mol. The maximum Gasteiger partial charge on any atom is 0.225 e. The highest BCUT2D eigenvalue weighted by Gasteiger charge is 2.18. The Morgan fingerprint density at radius 1 is 0.412 bits per heavy atom. The fourth-order valence-corrected chi connectivity index (χ4v) is 10.2. The number of H-pyrrole nitrogens is 3. The third kappa shape index (κ3) is 14.4. The molecule has 85 heavy (non-hydrogen) atoms. The van der Waals surface area contributed by atoms with Crippen LogP contribution in [0.5, 0.6) is 5.75 Å². The standard InChI is InChI=1S/C30H27N3O2.C23H21N3O.C18H18ClN3O/c1-2-9-29(34)31-30-27-18-25(22-12-7-4-8-13-22)26(19-28(27)32-33-30)23-14-16-24(17-15-23)35-20-21-10-5-3-6-11-21;1-2-9-22(27)24-23-20-14-18(16-10-5-3-6-11-16)19(15-21(20)25-26-23)17-12-7-4-8-13-17;1-3-4-17(23)20-18-14-9-13(12-7-5-11(2)6-8-12)15(19)10-16(14)21-22-18/h3-8,10-19H,2,9,20H2,1H3,(H2,31,32,33,34);3-8,10-15H,2,9H2,1H3,(H2,24,25,26,27);5-10H,3-4H2,1-2H3,(H2,20,21,22,23). The van der Waals surface area contributed by atoms with E-state index in [2.05, 4.69) is 144 Å². The van der Waals surface area contributed by atoms with Crippen molar-refractivity contribution in [2.45, 2.75) is 72.8 Å². The van der Waals surface area contributed by atoms with Gasteiger partial charge in [-0.25, -0.2) is 0 Å². The number of aromatic amines is 3. The Morgan fingerprint density at radius 3 is 1.14 bits per heavy atom. The molecule has 14 heteroatoms. The Hall–Kier alpha value is -10.1. The van der Waals surface area contributed by atoms with Crippen molar-refractivity contribution in [3.8, 4) is 61.4 Å². The second-order valence-corrected chi connectivity index (χ2v) is 21.0. The molecule has 0 saturated heterocycles. The Kier molecular flexibility index (Phi) is 19.0. The van der Waals surface area contributed by atoms with Gasteiger partial charge in [0, 0.05) is 41.0 Å². The van der Waals surface area contributed by atoms with Gasteiger partial charge in [0.2, 0.25) is 17.7 Å². The quantitative estimate of drug-likeness (QED) is 0.0524. The predicted molar refractivity (Wildman–Crippen MR) is 347 cm³/mol. The first-order chi connectivity index (χ1) is 41.5. The summed E-state index contributed by atoms with van der Waals surface area (Å²) in [7, 11) is 0. The van der Waals surface area contributed by atoms with E-state index in [1.54, 1.807) is 0 Å². The van der Waals surface area contributed by atoms with Gasteiger partial charge in [-0.2, -0.15) is 15.3 Å². The molecular formula is C71H66ClN9O4. The third-order valence-corrected chi connectivity index (χ3v) is 14.6. The van der Waals surface area contributed by atoms with Crippen molar-refractivity contribution in [3.63, 3.8) is 0 Å². The van der Waals surface area contributed by atoms with E-state index in [1.807, 2.05) is 137 Å². The lowest BCUT2D eigenvalue weighted by Gasteiger charge is -2.13. The molecule has 0 unspecified atom stereocenters. The van der Waals surface area contributed by atoms with Crippen molar-refractivity contribution in [1.29, 1.82) is 0 Å². The van der Waals surface area contributed by atoms with Crippen LogP contribution in [-0.4, -0.2) is 48.3 Å². The zero-order valence-electron chi connectivity index (χ0n) is 47.9. The number of benzene rings is 9. The van der Waals surface area contributed by atoms with Crippen LogP contribution in [0.2, 0.25) is 5.02 Å². The predicted octanol–water partition coefficient (Wildman–Crippen LogP) is 17.8. The molecule has 426 valence electrons. The highest BCUT2D eigenvalue weighted by molar-refractivity contribution is 6.34. The molecule has 3 amide bonds. The van der Waals surface area contributed by atoms with Crippen LogP contribution in [0, 0.1) is 6.92 Å². The Labute approximate surface area is 499 Å². The molecule has 0 aliphatic carbocycles. The van der Waals surface area contributed by atoms with E-state index in [1.165, 1.54) is 5.56 Å². The Balaban J connectivity index is 0.000000145. The van der Waals surface area contributed by atoms with Gasteiger partial charge in [-0.3, -0.25) is 29.7 Å². The second kappa shape index (κ2) is 27.8. The number of nitrogens with zero attached hydrogens (tertiary/aromatic N) is 3. The molecule has 0 aliphatic heterocycles. The molecule has 3 aromatic heterocycles. The maximum absolute atomic E-state index is 12.2. The van der Waals surface area contributed by atoms with Crippen LogP contribution >= 0.6 is 11.6 Å². The lowest BCUT2D eigenvalue weighted by molar-refractivity contribution is -0.117. The number of hydrogen-bond acceptors (Lipinski definition) is 7. The number of carbonyl (C=O) groups is 3. The van der Waals surface area contributed by atoms with E-state index >= 15 is 0 Å². The zero-order chi connectivity index (χ0) is 59.1. The van der Waals surface area contributed by atoms with Gasteiger partial charge in [0.05, 0.1) is 21.6 Å². The average Bonchev–Trinajstić information content (AvgIpc) is 2.79. The first kappa shape index (κ1) is 58.1. The van der Waals surface area contributed by atoms with Crippen LogP contribution in [0.1, 0.15) is 70.4 Å². The summed E-state index contributed by atoms with van der Waals surface area (Å²) < 4.78 is 5.97. The minimum absolute atomic E-state index is 0.0145. The fourth-order valence-electron chi connectivity index (χ4n) is 9.95. The molecule has 0 spiro atoms. The number of aromatic nitrogens is 6. The van der Waals surface area contributed by atoms with Gasteiger partial charge >= 0.3 is 0 Å². The van der Waals surface area contributed by atoms with Crippen LogP contribution in [-0.2, 0) is 21.0 Å². The molecule has 0 saturated carbocycles. The van der Waals surface area contributed by atoms with Gasteiger partial charge in [-0.15, -0.1) is 0 Å². The minimum atomic E-state index is -0.0345. The molecule has 9 aromatic carbocycles. The van der Waals surface area contributed by atoms with E-state index in [-0.39, 0.29) is 17.7 Å². The molecule has 12 aromatic rings. The minimum Gasteiger partial charge on any atom is -0.489 e. The number of fused-ring (bicyclic) bond motifs is 3. The number of ether oxygens (including phenoxy) is 1. The highest BCUT2D eigenvalue weighted by atomic mass is 35.5. The summed E-state index contributed by atoms with van der Waals surface area (Å²) in [5.41, 5.74) is 15.7. The van der Waals surface area contributed by atoms with Crippen molar-refractivity contribution in [2.24, 2.45) is 0 Å². The topological polar surface area (TPSA) is 183 Å². The number of carbonyl (C=O) groups excluding carboxylic acids is 3. The van der Waals surface area contributed by atoms with Gasteiger partial charge in [-0.05, 0) is 130 Å². The third-order valence-electron chi connectivity index (χ3n) is 14.3. The van der Waals surface area contributed by atoms with E-state index < -0.39 is 0 Å². The Bertz CT molecular complexity index is 4200. The highest BCUT2D eigenvalue weighted by Crippen LogP contribution is 2.40. The van der Waals surface area contributed by atoms with Crippen molar-refractivity contribution < 1.29 is 19.1 Å². The molecular weight excluding hydrogens is 1080 g/mol. The fraction of sp³-hybridized carbons (Fsp3) is 0.155. The summed E-state index contributed by atoms with van der Waals surface area (Å²) in [4.78, 5) is 36.1. The number of rotatable bonds is 17. The number of hydrogen-bond donors (Lipinski definition) is 6. The number of nitrogens with one attached hydrogen (secondary N) is 6. The number of aryl methyl sites for hydroxylation is 1. The van der Waals surface area contributed by atoms with E-state index in [0.717, 1.165) is 119 Å². The molecule has 0 aliphatic rings. The van der Waals surface area contributed by atoms with Gasteiger partial charge < -0.3 is 20.7 Å². The molecule has 0 fully saturated rings.